The van der Waals surface area contributed by atoms with Crippen LogP contribution in [0.2, 0.25) is 0 Å². The molecule has 14 heavy (non-hydrogen) atoms. The number of quaternary nitrogens is 2. The predicted octanol–water partition coefficient (Wildman–Crippen LogP) is 1.94. The van der Waals surface area contributed by atoms with Crippen molar-refractivity contribution < 1.29 is 42.5 Å². The Balaban J connectivity index is 3.55. The Bertz CT molecular complexity index is 277. The standard InChI is InChI=1S/C2H8F8N2P2/c1-11-13(3,4,5,6)12(2)14(11,7,8,9)10/h11-12H,1-2H3. The quantitative estimate of drug-likeness (QED) is 0.493. The second-order valence-electron chi connectivity index (χ2n) is 3.44. The van der Waals surface area contributed by atoms with E-state index in [-0.39, 0.29) is 0 Å². The first kappa shape index (κ1) is 12.3. The third-order valence-corrected chi connectivity index (χ3v) is 12.6. The fourth-order valence-electron chi connectivity index (χ4n) is 1.23. The van der Waals surface area contributed by atoms with Gasteiger partial charge in [-0.2, -0.15) is 0 Å². The van der Waals surface area contributed by atoms with E-state index in [2.05, 4.69) is 0 Å². The molecule has 1 aliphatic rings. The van der Waals surface area contributed by atoms with Gasteiger partial charge in [-0.25, -0.2) is 0 Å². The fraction of sp³-hybridized carbons (Fsp3) is 1.00. The van der Waals surface area contributed by atoms with E-state index in [0.717, 1.165) is 0 Å². The summed E-state index contributed by atoms with van der Waals surface area (Å²) in [6, 6.07) is 0. The first-order valence-electron chi connectivity index (χ1n) is 3.25. The number of rotatable bonds is 0. The molecule has 0 unspecified atom stereocenters. The normalized spacial score (nSPS) is 58.7. The summed E-state index contributed by atoms with van der Waals surface area (Å²) >= 11 is 0. The summed E-state index contributed by atoms with van der Waals surface area (Å²) in [5.41, 5.74) is 0. The molecule has 0 aromatic rings. The van der Waals surface area contributed by atoms with Gasteiger partial charge in [0.25, 0.3) is 0 Å². The SMILES string of the molecule is C[NH+]1[P-](F)(F)(F)(F)[NH+](C)[P-]1(F)(F)(F)F. The number of hydrogen-bond donors (Lipinski definition) is 2. The summed E-state index contributed by atoms with van der Waals surface area (Å²) in [6.45, 7) is 0. The molecule has 0 radical (unpaired) electrons. The van der Waals surface area contributed by atoms with Gasteiger partial charge in [0.05, 0.1) is 0 Å². The van der Waals surface area contributed by atoms with Crippen molar-refractivity contribution in [2.75, 3.05) is 14.1 Å². The predicted molar refractivity (Wildman–Crippen MR) is 36.5 cm³/mol. The summed E-state index contributed by atoms with van der Waals surface area (Å²) in [6.07, 6.45) is 0. The van der Waals surface area contributed by atoms with E-state index >= 15 is 0 Å². The van der Waals surface area contributed by atoms with Crippen LogP contribution in [0.4, 0.5) is 33.6 Å². The van der Waals surface area contributed by atoms with Crippen LogP contribution < -0.4 is 8.88 Å². The topological polar surface area (TPSA) is 8.88 Å². The second kappa shape index (κ2) is 1.50. The minimum absolute atomic E-state index is 0.571. The van der Waals surface area contributed by atoms with Gasteiger partial charge in [-0.1, -0.05) is 0 Å². The van der Waals surface area contributed by atoms with Crippen molar-refractivity contribution in [1.82, 2.24) is 0 Å². The van der Waals surface area contributed by atoms with Gasteiger partial charge < -0.3 is 0 Å². The molecule has 0 aromatic heterocycles. The average Bonchev–Trinajstić information content (AvgIpc) is 1.80. The molecule has 0 aliphatic carbocycles. The van der Waals surface area contributed by atoms with Crippen LogP contribution in [0.5, 0.6) is 0 Å². The Morgan fingerprint density at radius 3 is 0.786 bits per heavy atom. The van der Waals surface area contributed by atoms with Crippen molar-refractivity contribution in [3.05, 3.63) is 0 Å². The van der Waals surface area contributed by atoms with Gasteiger partial charge in [0.2, 0.25) is 0 Å². The molecule has 1 aliphatic heterocycles. The molecule has 2 nitrogen and oxygen atoms in total. The van der Waals surface area contributed by atoms with Gasteiger partial charge in [-0.05, 0) is 0 Å². The van der Waals surface area contributed by atoms with Crippen LogP contribution in [-0.4, -0.2) is 14.1 Å². The van der Waals surface area contributed by atoms with Gasteiger partial charge in [-0.3, -0.25) is 0 Å². The molecule has 0 amide bonds. The Morgan fingerprint density at radius 2 is 0.714 bits per heavy atom. The minimum atomic E-state index is -9.68. The van der Waals surface area contributed by atoms with E-state index in [9.17, 15) is 33.6 Å². The van der Waals surface area contributed by atoms with Crippen LogP contribution in [0.15, 0.2) is 0 Å². The summed E-state index contributed by atoms with van der Waals surface area (Å²) < 4.78 is 92.9. The van der Waals surface area contributed by atoms with E-state index in [4.69, 9.17) is 0 Å². The van der Waals surface area contributed by atoms with Crippen molar-refractivity contribution in [3.8, 4) is 0 Å². The molecule has 0 spiro atoms. The Morgan fingerprint density at radius 1 is 0.571 bits per heavy atom. The van der Waals surface area contributed by atoms with Gasteiger partial charge in [0.15, 0.2) is 0 Å². The zero-order chi connectivity index (χ0) is 12.0. The van der Waals surface area contributed by atoms with Crippen molar-refractivity contribution in [3.63, 3.8) is 0 Å². The first-order valence-corrected chi connectivity index (χ1v) is 7.74. The third kappa shape index (κ3) is 0.951. The summed E-state index contributed by atoms with van der Waals surface area (Å²) in [4.78, 5) is 0. The Labute approximate surface area is 72.7 Å². The van der Waals surface area contributed by atoms with E-state index in [1.807, 2.05) is 0 Å². The van der Waals surface area contributed by atoms with E-state index in [1.54, 1.807) is 0 Å². The summed E-state index contributed by atoms with van der Waals surface area (Å²) in [5, 5.41) is 0. The molecule has 0 atom stereocenters. The van der Waals surface area contributed by atoms with Crippen LogP contribution in [0.1, 0.15) is 0 Å². The summed E-state index contributed by atoms with van der Waals surface area (Å²) in [7, 11) is -20.5. The number of nitrogens with one attached hydrogen (secondary N) is 2. The average molecular weight is 274 g/mol. The van der Waals surface area contributed by atoms with Crippen LogP contribution in [0.3, 0.4) is 0 Å². The third-order valence-electron chi connectivity index (χ3n) is 2.60. The summed E-state index contributed by atoms with van der Waals surface area (Å²) in [5.74, 6) is 0. The number of halogens is 8. The van der Waals surface area contributed by atoms with Crippen LogP contribution in [-0.2, 0) is 0 Å². The zero-order valence-corrected chi connectivity index (χ0v) is 8.71. The molecule has 1 fully saturated rings. The van der Waals surface area contributed by atoms with Crippen LogP contribution in [0, 0.1) is 0 Å². The van der Waals surface area contributed by atoms with Crippen molar-refractivity contribution >= 4 is 15.0 Å². The van der Waals surface area contributed by atoms with Gasteiger partial charge in [0.1, 0.15) is 0 Å². The van der Waals surface area contributed by atoms with Crippen molar-refractivity contribution in [2.45, 2.75) is 0 Å². The molecule has 1 rings (SSSR count). The molecular formula is C2H8F8N2P2. The van der Waals surface area contributed by atoms with Gasteiger partial charge >= 0.3 is 71.5 Å². The van der Waals surface area contributed by atoms with Crippen molar-refractivity contribution in [1.29, 1.82) is 0 Å². The van der Waals surface area contributed by atoms with Crippen LogP contribution >= 0.6 is 15.0 Å². The van der Waals surface area contributed by atoms with E-state index in [1.165, 1.54) is 0 Å². The molecule has 12 heteroatoms. The Kier molecular flexibility index (Phi) is 1.32. The van der Waals surface area contributed by atoms with E-state index < -0.39 is 38.0 Å². The number of hydrogen-bond acceptors (Lipinski definition) is 0. The molecule has 92 valence electrons. The molecular weight excluding hydrogens is 266 g/mol. The molecule has 1 saturated heterocycles. The fourth-order valence-corrected chi connectivity index (χ4v) is 9.76. The zero-order valence-electron chi connectivity index (χ0n) is 6.92. The molecule has 0 aromatic carbocycles. The van der Waals surface area contributed by atoms with Crippen molar-refractivity contribution in [2.24, 2.45) is 0 Å². The van der Waals surface area contributed by atoms with E-state index in [0.29, 0.717) is 0 Å². The monoisotopic (exact) mass is 274 g/mol. The second-order valence-corrected chi connectivity index (χ2v) is 11.5. The molecule has 2 N–H and O–H groups in total. The first-order chi connectivity index (χ1) is 5.36. The molecule has 0 saturated carbocycles. The maximum atomic E-state index is 12.5. The van der Waals surface area contributed by atoms with Gasteiger partial charge in [-0.15, -0.1) is 0 Å². The molecule has 1 heterocycles. The van der Waals surface area contributed by atoms with Crippen LogP contribution in [0.25, 0.3) is 0 Å². The molecule has 0 bridgehead atoms. The maximum absolute atomic E-state index is 12.5. The van der Waals surface area contributed by atoms with Gasteiger partial charge in [0, 0.05) is 0 Å². The Hall–Kier alpha value is 0.220.